The first-order chi connectivity index (χ1) is 10.3. The molecule has 0 bridgehead atoms. The fraction of sp³-hybridized carbons (Fsp3) is 0.429. The van der Waals surface area contributed by atoms with Gasteiger partial charge in [0.2, 0.25) is 10.0 Å². The molecule has 0 atom stereocenters. The van der Waals surface area contributed by atoms with Crippen LogP contribution >= 0.6 is 0 Å². The molecule has 2 aromatic rings. The summed E-state index contributed by atoms with van der Waals surface area (Å²) in [5, 5.41) is 3.95. The zero-order chi connectivity index (χ0) is 16.3. The van der Waals surface area contributed by atoms with E-state index in [2.05, 4.69) is 14.8 Å². The second kappa shape index (κ2) is 6.45. The van der Waals surface area contributed by atoms with Crippen LogP contribution in [0.1, 0.15) is 17.0 Å². The van der Waals surface area contributed by atoms with Crippen molar-refractivity contribution in [2.45, 2.75) is 25.2 Å². The van der Waals surface area contributed by atoms with Gasteiger partial charge in [-0.1, -0.05) is 6.07 Å². The lowest BCUT2D eigenvalue weighted by molar-refractivity contribution is 0.410. The Balaban J connectivity index is 2.15. The van der Waals surface area contributed by atoms with Crippen molar-refractivity contribution < 1.29 is 13.2 Å². The minimum Gasteiger partial charge on any atom is -0.496 e. The molecule has 0 aliphatic heterocycles. The quantitative estimate of drug-likeness (QED) is 0.855. The van der Waals surface area contributed by atoms with E-state index in [0.717, 1.165) is 11.4 Å². The van der Waals surface area contributed by atoms with Crippen LogP contribution in [0.3, 0.4) is 0 Å². The Kier molecular flexibility index (Phi) is 4.82. The van der Waals surface area contributed by atoms with E-state index in [4.69, 9.17) is 4.74 Å². The van der Waals surface area contributed by atoms with E-state index in [1.54, 1.807) is 30.8 Å². The maximum atomic E-state index is 12.4. The number of ether oxygens (including phenoxy) is 1. The maximum Gasteiger partial charge on any atom is 0.240 e. The number of nitrogens with one attached hydrogen (secondary N) is 1. The lowest BCUT2D eigenvalue weighted by Crippen LogP contribution is -2.27. The van der Waals surface area contributed by atoms with Crippen LogP contribution in [0.25, 0.3) is 0 Å². The number of aryl methyl sites for hydroxylation is 3. The molecule has 120 valence electrons. The molecular weight excluding hydrogens is 304 g/mol. The lowest BCUT2D eigenvalue weighted by atomic mass is 10.1. The molecule has 0 fully saturated rings. The van der Waals surface area contributed by atoms with Gasteiger partial charge in [-0.2, -0.15) is 5.10 Å². The summed E-state index contributed by atoms with van der Waals surface area (Å²) in [4.78, 5) is 4.29. The number of benzene rings is 1. The molecule has 7 nitrogen and oxygen atoms in total. The van der Waals surface area contributed by atoms with Gasteiger partial charge >= 0.3 is 0 Å². The normalized spacial score (nSPS) is 11.6. The maximum absolute atomic E-state index is 12.4. The Labute approximate surface area is 130 Å². The summed E-state index contributed by atoms with van der Waals surface area (Å²) in [6.45, 7) is 3.90. The summed E-state index contributed by atoms with van der Waals surface area (Å²) in [6, 6.07) is 3.35. The topological polar surface area (TPSA) is 86.1 Å². The Morgan fingerprint density at radius 2 is 2.00 bits per heavy atom. The van der Waals surface area contributed by atoms with E-state index in [1.807, 2.05) is 6.92 Å². The Morgan fingerprint density at radius 3 is 2.59 bits per heavy atom. The van der Waals surface area contributed by atoms with Crippen molar-refractivity contribution in [2.24, 2.45) is 7.05 Å². The summed E-state index contributed by atoms with van der Waals surface area (Å²) in [7, 11) is -0.301. The van der Waals surface area contributed by atoms with Crippen molar-refractivity contribution >= 4 is 10.0 Å². The molecule has 0 unspecified atom stereocenters. The van der Waals surface area contributed by atoms with Gasteiger partial charge in [-0.25, -0.2) is 18.1 Å². The SMILES string of the molecule is COc1cc(S(=O)(=O)NCCc2ncnn2C)c(C)cc1C. The van der Waals surface area contributed by atoms with E-state index < -0.39 is 10.0 Å². The first-order valence-electron chi connectivity index (χ1n) is 6.83. The fourth-order valence-electron chi connectivity index (χ4n) is 2.24. The Morgan fingerprint density at radius 1 is 1.27 bits per heavy atom. The number of hydrogen-bond donors (Lipinski definition) is 1. The molecule has 0 amide bonds. The van der Waals surface area contributed by atoms with Crippen LogP contribution in [0.2, 0.25) is 0 Å². The monoisotopic (exact) mass is 324 g/mol. The number of aromatic nitrogens is 3. The minimum atomic E-state index is -3.59. The smallest absolute Gasteiger partial charge is 0.240 e. The second-order valence-electron chi connectivity index (χ2n) is 5.03. The first kappa shape index (κ1) is 16.4. The van der Waals surface area contributed by atoms with Crippen molar-refractivity contribution in [3.8, 4) is 5.75 Å². The van der Waals surface area contributed by atoms with Crippen LogP contribution in [0.15, 0.2) is 23.4 Å². The molecular formula is C14H20N4O3S. The highest BCUT2D eigenvalue weighted by molar-refractivity contribution is 7.89. The zero-order valence-corrected chi connectivity index (χ0v) is 13.9. The van der Waals surface area contributed by atoms with Crippen LogP contribution in [0.4, 0.5) is 0 Å². The molecule has 0 spiro atoms. The number of rotatable bonds is 6. The fourth-order valence-corrected chi connectivity index (χ4v) is 3.52. The molecule has 8 heteroatoms. The molecule has 0 radical (unpaired) electrons. The Bertz CT molecular complexity index is 768. The summed E-state index contributed by atoms with van der Waals surface area (Å²) in [5.74, 6) is 1.28. The molecule has 0 saturated heterocycles. The third kappa shape index (κ3) is 3.45. The number of methoxy groups -OCH3 is 1. The van der Waals surface area contributed by atoms with Gasteiger partial charge in [0.15, 0.2) is 0 Å². The van der Waals surface area contributed by atoms with Gasteiger partial charge in [-0.15, -0.1) is 0 Å². The van der Waals surface area contributed by atoms with Crippen LogP contribution in [-0.4, -0.2) is 36.8 Å². The summed E-state index contributed by atoms with van der Waals surface area (Å²) >= 11 is 0. The first-order valence-corrected chi connectivity index (χ1v) is 8.31. The van der Waals surface area contributed by atoms with Gasteiger partial charge in [-0.3, -0.25) is 4.68 Å². The third-order valence-corrected chi connectivity index (χ3v) is 5.03. The molecule has 1 heterocycles. The standard InChI is InChI=1S/C14H20N4O3S/c1-10-7-11(2)13(8-12(10)21-4)22(19,20)17-6-5-14-15-9-16-18(14)3/h7-9,17H,5-6H2,1-4H3. The molecule has 2 rings (SSSR count). The van der Waals surface area contributed by atoms with E-state index >= 15 is 0 Å². The highest BCUT2D eigenvalue weighted by Crippen LogP contribution is 2.25. The molecule has 0 saturated carbocycles. The molecule has 1 aromatic carbocycles. The van der Waals surface area contributed by atoms with E-state index in [9.17, 15) is 8.42 Å². The number of sulfonamides is 1. The zero-order valence-electron chi connectivity index (χ0n) is 13.1. The average molecular weight is 324 g/mol. The van der Waals surface area contributed by atoms with Crippen molar-refractivity contribution in [1.82, 2.24) is 19.5 Å². The summed E-state index contributed by atoms with van der Waals surface area (Å²) in [6.07, 6.45) is 1.91. The van der Waals surface area contributed by atoms with Gasteiger partial charge < -0.3 is 4.74 Å². The third-order valence-electron chi connectivity index (χ3n) is 3.43. The second-order valence-corrected chi connectivity index (χ2v) is 6.77. The average Bonchev–Trinajstić information content (AvgIpc) is 2.84. The van der Waals surface area contributed by atoms with Gasteiger partial charge in [0, 0.05) is 26.1 Å². The number of nitrogens with zero attached hydrogens (tertiary/aromatic N) is 3. The van der Waals surface area contributed by atoms with Gasteiger partial charge in [0.05, 0.1) is 12.0 Å². The van der Waals surface area contributed by atoms with Gasteiger partial charge in [-0.05, 0) is 25.0 Å². The van der Waals surface area contributed by atoms with E-state index in [0.29, 0.717) is 17.7 Å². The predicted molar refractivity (Wildman–Crippen MR) is 82.4 cm³/mol. The molecule has 1 aromatic heterocycles. The van der Waals surface area contributed by atoms with Crippen LogP contribution in [0, 0.1) is 13.8 Å². The highest BCUT2D eigenvalue weighted by atomic mass is 32.2. The minimum absolute atomic E-state index is 0.230. The van der Waals surface area contributed by atoms with Gasteiger partial charge in [0.25, 0.3) is 0 Å². The summed E-state index contributed by atoms with van der Waals surface area (Å²) in [5.41, 5.74) is 1.59. The van der Waals surface area contributed by atoms with E-state index in [1.165, 1.54) is 13.4 Å². The van der Waals surface area contributed by atoms with Gasteiger partial charge in [0.1, 0.15) is 17.9 Å². The van der Waals surface area contributed by atoms with Crippen LogP contribution < -0.4 is 9.46 Å². The molecule has 1 N–H and O–H groups in total. The lowest BCUT2D eigenvalue weighted by Gasteiger charge is -2.12. The Hall–Kier alpha value is -1.93. The van der Waals surface area contributed by atoms with Crippen molar-refractivity contribution in [3.63, 3.8) is 0 Å². The molecule has 0 aliphatic carbocycles. The predicted octanol–water partition coefficient (Wildman–Crippen LogP) is 0.962. The van der Waals surface area contributed by atoms with Crippen LogP contribution in [-0.2, 0) is 23.5 Å². The van der Waals surface area contributed by atoms with Crippen molar-refractivity contribution in [2.75, 3.05) is 13.7 Å². The largest absolute Gasteiger partial charge is 0.496 e. The van der Waals surface area contributed by atoms with Crippen LogP contribution in [0.5, 0.6) is 5.75 Å². The number of hydrogen-bond acceptors (Lipinski definition) is 5. The highest BCUT2D eigenvalue weighted by Gasteiger charge is 2.18. The van der Waals surface area contributed by atoms with Crippen molar-refractivity contribution in [1.29, 1.82) is 0 Å². The van der Waals surface area contributed by atoms with Crippen molar-refractivity contribution in [3.05, 3.63) is 35.4 Å². The molecule has 0 aliphatic rings. The van der Waals surface area contributed by atoms with E-state index in [-0.39, 0.29) is 11.4 Å². The molecule has 22 heavy (non-hydrogen) atoms. The summed E-state index contributed by atoms with van der Waals surface area (Å²) < 4.78 is 34.3.